The fraction of sp³-hybridized carbons (Fsp3) is 0.154. The molecule has 1 aromatic carbocycles. The molecule has 0 aliphatic rings. The van der Waals surface area contributed by atoms with Crippen molar-refractivity contribution in [2.45, 2.75) is 10.4 Å². The number of terminal acetylenes is 1. The van der Waals surface area contributed by atoms with Gasteiger partial charge in [-0.3, -0.25) is 4.79 Å². The molecule has 0 aliphatic carbocycles. The Morgan fingerprint density at radius 1 is 1.37 bits per heavy atom. The summed E-state index contributed by atoms with van der Waals surface area (Å²) in [5.74, 6) is 1.90. The molecular formula is C13H10F3NOS. The van der Waals surface area contributed by atoms with Crippen molar-refractivity contribution >= 4 is 23.7 Å². The van der Waals surface area contributed by atoms with Gasteiger partial charge in [0, 0.05) is 11.0 Å². The highest BCUT2D eigenvalue weighted by Crippen LogP contribution is 2.36. The van der Waals surface area contributed by atoms with Crippen LogP contribution in [0.5, 0.6) is 0 Å². The van der Waals surface area contributed by atoms with Crippen molar-refractivity contribution in [3.63, 3.8) is 0 Å². The number of halogens is 3. The Hall–Kier alpha value is -1.87. The number of rotatable bonds is 4. The first kappa shape index (κ1) is 15.2. The lowest BCUT2D eigenvalue weighted by Gasteiger charge is -2.05. The lowest BCUT2D eigenvalue weighted by molar-refractivity contribution is -0.116. The predicted octanol–water partition coefficient (Wildman–Crippen LogP) is 3.06. The Labute approximate surface area is 113 Å². The van der Waals surface area contributed by atoms with Gasteiger partial charge in [0.1, 0.15) is 0 Å². The van der Waals surface area contributed by atoms with E-state index in [0.717, 1.165) is 0 Å². The zero-order chi connectivity index (χ0) is 14.3. The van der Waals surface area contributed by atoms with E-state index in [9.17, 15) is 18.0 Å². The first-order valence-corrected chi connectivity index (χ1v) is 5.97. The van der Waals surface area contributed by atoms with Crippen molar-refractivity contribution in [1.82, 2.24) is 5.32 Å². The second-order valence-electron chi connectivity index (χ2n) is 3.37. The van der Waals surface area contributed by atoms with Gasteiger partial charge in [-0.25, -0.2) is 0 Å². The van der Waals surface area contributed by atoms with Gasteiger partial charge in [-0.2, -0.15) is 13.2 Å². The van der Waals surface area contributed by atoms with Crippen LogP contribution in [0.3, 0.4) is 0 Å². The van der Waals surface area contributed by atoms with Crippen LogP contribution in [0.2, 0.25) is 0 Å². The SMILES string of the molecule is C#CCNC(=O)/C=C/c1ccc(SC(F)(F)F)cc1. The fourth-order valence-electron chi connectivity index (χ4n) is 1.15. The van der Waals surface area contributed by atoms with E-state index in [4.69, 9.17) is 6.42 Å². The summed E-state index contributed by atoms with van der Waals surface area (Å²) in [7, 11) is 0. The molecule has 0 atom stereocenters. The van der Waals surface area contributed by atoms with E-state index in [1.807, 2.05) is 0 Å². The molecule has 0 aromatic heterocycles. The van der Waals surface area contributed by atoms with Crippen molar-refractivity contribution in [1.29, 1.82) is 0 Å². The molecule has 0 spiro atoms. The van der Waals surface area contributed by atoms with Gasteiger partial charge >= 0.3 is 5.51 Å². The zero-order valence-corrected chi connectivity index (χ0v) is 10.5. The molecule has 1 aromatic rings. The van der Waals surface area contributed by atoms with Crippen LogP contribution in [0.25, 0.3) is 6.08 Å². The van der Waals surface area contributed by atoms with Gasteiger partial charge in [-0.1, -0.05) is 18.1 Å². The van der Waals surface area contributed by atoms with Crippen LogP contribution in [0.1, 0.15) is 5.56 Å². The third kappa shape index (κ3) is 6.58. The molecule has 19 heavy (non-hydrogen) atoms. The van der Waals surface area contributed by atoms with Gasteiger partial charge < -0.3 is 5.32 Å². The highest BCUT2D eigenvalue weighted by Gasteiger charge is 2.28. The van der Waals surface area contributed by atoms with Gasteiger partial charge in [0.05, 0.1) is 6.54 Å². The minimum Gasteiger partial charge on any atom is -0.342 e. The minimum absolute atomic E-state index is 0.0985. The lowest BCUT2D eigenvalue weighted by Crippen LogP contribution is -2.20. The monoisotopic (exact) mass is 285 g/mol. The Balaban J connectivity index is 2.60. The second-order valence-corrected chi connectivity index (χ2v) is 4.51. The maximum absolute atomic E-state index is 12.1. The summed E-state index contributed by atoms with van der Waals surface area (Å²) in [5.41, 5.74) is -3.67. The van der Waals surface area contributed by atoms with Crippen molar-refractivity contribution in [3.8, 4) is 12.3 Å². The van der Waals surface area contributed by atoms with Gasteiger partial charge in [0.15, 0.2) is 0 Å². The third-order valence-corrected chi connectivity index (χ3v) is 2.64. The molecule has 0 bridgehead atoms. The van der Waals surface area contributed by atoms with Gasteiger partial charge in [-0.15, -0.1) is 6.42 Å². The van der Waals surface area contributed by atoms with E-state index < -0.39 is 5.51 Å². The number of nitrogens with one attached hydrogen (secondary N) is 1. The molecule has 1 N–H and O–H groups in total. The van der Waals surface area contributed by atoms with Gasteiger partial charge in [-0.05, 0) is 35.5 Å². The van der Waals surface area contributed by atoms with Crippen LogP contribution in [0.15, 0.2) is 35.2 Å². The summed E-state index contributed by atoms with van der Waals surface area (Å²) in [6.07, 6.45) is 7.73. The first-order valence-electron chi connectivity index (χ1n) is 5.16. The van der Waals surface area contributed by atoms with Crippen LogP contribution in [-0.4, -0.2) is 18.0 Å². The average Bonchev–Trinajstić information content (AvgIpc) is 2.33. The number of hydrogen-bond donors (Lipinski definition) is 1. The fourth-order valence-corrected chi connectivity index (χ4v) is 1.69. The molecule has 0 aliphatic heterocycles. The van der Waals surface area contributed by atoms with E-state index in [0.29, 0.717) is 5.56 Å². The van der Waals surface area contributed by atoms with E-state index in [-0.39, 0.29) is 29.1 Å². The average molecular weight is 285 g/mol. The summed E-state index contributed by atoms with van der Waals surface area (Å²) >= 11 is -0.181. The molecule has 2 nitrogen and oxygen atoms in total. The predicted molar refractivity (Wildman–Crippen MR) is 69.2 cm³/mol. The van der Waals surface area contributed by atoms with Crippen LogP contribution >= 0.6 is 11.8 Å². The van der Waals surface area contributed by atoms with Crippen molar-refractivity contribution < 1.29 is 18.0 Å². The van der Waals surface area contributed by atoms with E-state index in [1.54, 1.807) is 0 Å². The minimum atomic E-state index is -4.30. The lowest BCUT2D eigenvalue weighted by atomic mass is 10.2. The van der Waals surface area contributed by atoms with Crippen molar-refractivity contribution in [3.05, 3.63) is 35.9 Å². The topological polar surface area (TPSA) is 29.1 Å². The second kappa shape index (κ2) is 6.90. The number of carbonyl (C=O) groups excluding carboxylic acids is 1. The summed E-state index contributed by atoms with van der Waals surface area (Å²) in [5, 5.41) is 2.43. The first-order chi connectivity index (χ1) is 8.90. The highest BCUT2D eigenvalue weighted by molar-refractivity contribution is 8.00. The Bertz CT molecular complexity index is 500. The molecular weight excluding hydrogens is 275 g/mol. The Morgan fingerprint density at radius 3 is 2.53 bits per heavy atom. The molecule has 1 rings (SSSR count). The van der Waals surface area contributed by atoms with E-state index in [1.165, 1.54) is 36.4 Å². The number of carbonyl (C=O) groups is 1. The number of benzene rings is 1. The molecule has 0 heterocycles. The maximum atomic E-state index is 12.1. The normalized spacial score (nSPS) is 11.3. The van der Waals surface area contributed by atoms with Crippen LogP contribution in [0, 0.1) is 12.3 Å². The highest BCUT2D eigenvalue weighted by atomic mass is 32.2. The molecule has 6 heteroatoms. The zero-order valence-electron chi connectivity index (χ0n) is 9.70. The molecule has 0 radical (unpaired) electrons. The number of thioether (sulfide) groups is 1. The summed E-state index contributed by atoms with van der Waals surface area (Å²) in [6, 6.07) is 5.69. The molecule has 100 valence electrons. The van der Waals surface area contributed by atoms with Crippen molar-refractivity contribution in [2.24, 2.45) is 0 Å². The smallest absolute Gasteiger partial charge is 0.342 e. The summed E-state index contributed by atoms with van der Waals surface area (Å²) in [6.45, 7) is 0.129. The van der Waals surface area contributed by atoms with Crippen LogP contribution in [0.4, 0.5) is 13.2 Å². The van der Waals surface area contributed by atoms with E-state index >= 15 is 0 Å². The van der Waals surface area contributed by atoms with Crippen LogP contribution < -0.4 is 5.32 Å². The maximum Gasteiger partial charge on any atom is 0.446 e. The number of amides is 1. The largest absolute Gasteiger partial charge is 0.446 e. The third-order valence-electron chi connectivity index (χ3n) is 1.91. The quantitative estimate of drug-likeness (QED) is 0.523. The number of alkyl halides is 3. The molecule has 0 saturated heterocycles. The standard InChI is InChI=1S/C13H10F3NOS/c1-2-9-17-12(18)8-5-10-3-6-11(7-4-10)19-13(14,15)16/h1,3-8H,9H2,(H,17,18)/b8-5+. The Morgan fingerprint density at radius 2 is 2.00 bits per heavy atom. The molecule has 0 fully saturated rings. The number of hydrogen-bond acceptors (Lipinski definition) is 2. The van der Waals surface area contributed by atoms with Crippen molar-refractivity contribution in [2.75, 3.05) is 6.54 Å². The van der Waals surface area contributed by atoms with Gasteiger partial charge in [0.25, 0.3) is 0 Å². The van der Waals surface area contributed by atoms with Crippen LogP contribution in [-0.2, 0) is 4.79 Å². The molecule has 0 saturated carbocycles. The van der Waals surface area contributed by atoms with Gasteiger partial charge in [0.2, 0.25) is 5.91 Å². The molecule has 1 amide bonds. The Kier molecular flexibility index (Phi) is 5.52. The summed E-state index contributed by atoms with van der Waals surface area (Å²) < 4.78 is 36.3. The van der Waals surface area contributed by atoms with E-state index in [2.05, 4.69) is 11.2 Å². The molecule has 0 unspecified atom stereocenters. The summed E-state index contributed by atoms with van der Waals surface area (Å²) in [4.78, 5) is 11.3.